The van der Waals surface area contributed by atoms with Gasteiger partial charge in [0.25, 0.3) is 5.91 Å². The van der Waals surface area contributed by atoms with Crippen molar-refractivity contribution in [2.24, 2.45) is 11.8 Å². The lowest BCUT2D eigenvalue weighted by Crippen LogP contribution is -2.62. The molecule has 5 unspecified atom stereocenters. The first-order chi connectivity index (χ1) is 13.6. The van der Waals surface area contributed by atoms with Crippen molar-refractivity contribution >= 4 is 5.91 Å². The fraction of sp³-hybridized carbons (Fsp3) is 0.565. The standard InChI is InChI=1S/C23H27N3O2/c27-21-18-13-25-26(19(18)7-4-8-24-21)20-16-9-15-10-22(28,12-16)14-23(20,11-15)17-5-2-1-3-6-17/h1-3,5-6,13,15-16,20,28H,4,7-12,14H2,(H,24,27). The van der Waals surface area contributed by atoms with E-state index in [4.69, 9.17) is 5.10 Å². The number of amides is 1. The largest absolute Gasteiger partial charge is 0.390 e. The molecule has 1 aliphatic heterocycles. The Morgan fingerprint density at radius 2 is 2.04 bits per heavy atom. The molecule has 0 radical (unpaired) electrons. The summed E-state index contributed by atoms with van der Waals surface area (Å²) in [5.74, 6) is 1.02. The summed E-state index contributed by atoms with van der Waals surface area (Å²) in [7, 11) is 0. The number of carbonyl (C=O) groups is 1. The molecular weight excluding hydrogens is 350 g/mol. The van der Waals surface area contributed by atoms with Gasteiger partial charge in [0.15, 0.2) is 0 Å². The van der Waals surface area contributed by atoms with E-state index < -0.39 is 5.60 Å². The van der Waals surface area contributed by atoms with Gasteiger partial charge in [-0.15, -0.1) is 0 Å². The van der Waals surface area contributed by atoms with Crippen LogP contribution < -0.4 is 5.32 Å². The number of nitrogens with one attached hydrogen (secondary N) is 1. The molecule has 4 saturated carbocycles. The van der Waals surface area contributed by atoms with Crippen molar-refractivity contribution in [3.63, 3.8) is 0 Å². The predicted octanol–water partition coefficient (Wildman–Crippen LogP) is 2.99. The fourth-order valence-corrected chi connectivity index (χ4v) is 7.31. The van der Waals surface area contributed by atoms with Gasteiger partial charge >= 0.3 is 0 Å². The molecule has 5 heteroatoms. The molecule has 2 N–H and O–H groups in total. The highest BCUT2D eigenvalue weighted by Gasteiger charge is 2.63. The molecule has 0 spiro atoms. The number of fused-ring (bicyclic) bond motifs is 1. The SMILES string of the molecule is O=C1NCCCc2c1cnn2C1C2CC3CC(O)(C2)CC1(c1ccccc1)C3. The van der Waals surface area contributed by atoms with Crippen LogP contribution in [0.4, 0.5) is 0 Å². The van der Waals surface area contributed by atoms with Gasteiger partial charge in [-0.3, -0.25) is 9.48 Å². The first kappa shape index (κ1) is 16.8. The maximum atomic E-state index is 12.5. The minimum Gasteiger partial charge on any atom is -0.390 e. The van der Waals surface area contributed by atoms with Gasteiger partial charge in [-0.25, -0.2) is 0 Å². The van der Waals surface area contributed by atoms with E-state index in [1.807, 2.05) is 0 Å². The van der Waals surface area contributed by atoms with Crippen LogP contribution in [0.1, 0.15) is 66.2 Å². The van der Waals surface area contributed by atoms with Gasteiger partial charge in [0.1, 0.15) is 0 Å². The summed E-state index contributed by atoms with van der Waals surface area (Å²) in [6.45, 7) is 0.729. The van der Waals surface area contributed by atoms with Crippen molar-refractivity contribution in [1.82, 2.24) is 15.1 Å². The van der Waals surface area contributed by atoms with Crippen LogP contribution in [-0.2, 0) is 11.8 Å². The third-order valence-electron chi connectivity index (χ3n) is 7.89. The van der Waals surface area contributed by atoms with Crippen molar-refractivity contribution < 1.29 is 9.90 Å². The molecule has 146 valence electrons. The average Bonchev–Trinajstić information content (AvgIpc) is 2.98. The maximum absolute atomic E-state index is 12.5. The van der Waals surface area contributed by atoms with Crippen molar-refractivity contribution in [2.75, 3.05) is 6.54 Å². The first-order valence-electron chi connectivity index (χ1n) is 10.7. The monoisotopic (exact) mass is 377 g/mol. The summed E-state index contributed by atoms with van der Waals surface area (Å²) in [6, 6.07) is 11.0. The van der Waals surface area contributed by atoms with E-state index in [-0.39, 0.29) is 17.4 Å². The van der Waals surface area contributed by atoms with E-state index in [1.54, 1.807) is 6.20 Å². The lowest BCUT2D eigenvalue weighted by atomic mass is 9.44. The number of aromatic nitrogens is 2. The Morgan fingerprint density at radius 1 is 1.18 bits per heavy atom. The Kier molecular flexibility index (Phi) is 3.41. The van der Waals surface area contributed by atoms with Crippen LogP contribution in [0.5, 0.6) is 0 Å². The van der Waals surface area contributed by atoms with Crippen LogP contribution in [-0.4, -0.2) is 32.9 Å². The van der Waals surface area contributed by atoms with Gasteiger partial charge in [0, 0.05) is 12.0 Å². The highest BCUT2D eigenvalue weighted by Crippen LogP contribution is 2.66. The highest BCUT2D eigenvalue weighted by molar-refractivity contribution is 5.95. The molecule has 4 fully saturated rings. The Bertz CT molecular complexity index is 939. The molecule has 5 nitrogen and oxygen atoms in total. The second-order valence-electron chi connectivity index (χ2n) is 9.65. The van der Waals surface area contributed by atoms with Crippen LogP contribution in [0.15, 0.2) is 36.5 Å². The van der Waals surface area contributed by atoms with Gasteiger partial charge in [-0.1, -0.05) is 30.3 Å². The van der Waals surface area contributed by atoms with Crippen LogP contribution in [0.3, 0.4) is 0 Å². The molecule has 5 aliphatic rings. The Balaban J connectivity index is 1.54. The third kappa shape index (κ3) is 2.22. The van der Waals surface area contributed by atoms with E-state index in [0.29, 0.717) is 11.8 Å². The molecular formula is C23H27N3O2. The molecule has 0 saturated heterocycles. The van der Waals surface area contributed by atoms with Crippen molar-refractivity contribution in [3.8, 4) is 0 Å². The lowest BCUT2D eigenvalue weighted by molar-refractivity contribution is -0.163. The number of benzene rings is 1. The van der Waals surface area contributed by atoms with E-state index in [0.717, 1.165) is 56.3 Å². The predicted molar refractivity (Wildman–Crippen MR) is 105 cm³/mol. The summed E-state index contributed by atoms with van der Waals surface area (Å²) in [5.41, 5.74) is 2.53. The van der Waals surface area contributed by atoms with Crippen molar-refractivity contribution in [2.45, 2.75) is 62.0 Å². The molecule has 7 rings (SSSR count). The lowest BCUT2D eigenvalue weighted by Gasteiger charge is -2.64. The van der Waals surface area contributed by atoms with Gasteiger partial charge < -0.3 is 10.4 Å². The molecule has 1 aromatic carbocycles. The van der Waals surface area contributed by atoms with Crippen molar-refractivity contribution in [3.05, 3.63) is 53.3 Å². The number of carbonyl (C=O) groups excluding carboxylic acids is 1. The summed E-state index contributed by atoms with van der Waals surface area (Å²) in [4.78, 5) is 12.5. The van der Waals surface area contributed by atoms with Gasteiger partial charge in [0.05, 0.1) is 29.1 Å². The molecule has 1 amide bonds. The number of aliphatic hydroxyl groups is 1. The normalized spacial score (nSPS) is 38.8. The van der Waals surface area contributed by atoms with E-state index in [9.17, 15) is 9.90 Å². The maximum Gasteiger partial charge on any atom is 0.254 e. The smallest absolute Gasteiger partial charge is 0.254 e. The van der Waals surface area contributed by atoms with Crippen LogP contribution in [0.25, 0.3) is 0 Å². The number of hydrogen-bond donors (Lipinski definition) is 2. The summed E-state index contributed by atoms with van der Waals surface area (Å²) >= 11 is 0. The van der Waals surface area contributed by atoms with E-state index >= 15 is 0 Å². The third-order valence-corrected chi connectivity index (χ3v) is 7.89. The van der Waals surface area contributed by atoms with Crippen LogP contribution in [0.2, 0.25) is 0 Å². The van der Waals surface area contributed by atoms with E-state index in [2.05, 4.69) is 40.3 Å². The number of rotatable bonds is 2. The van der Waals surface area contributed by atoms with Gasteiger partial charge in [0.2, 0.25) is 0 Å². The molecule has 1 aromatic heterocycles. The number of nitrogens with zero attached hydrogens (tertiary/aromatic N) is 2. The first-order valence-corrected chi connectivity index (χ1v) is 10.7. The Labute approximate surface area is 165 Å². The zero-order chi connectivity index (χ0) is 18.9. The van der Waals surface area contributed by atoms with Crippen molar-refractivity contribution in [1.29, 1.82) is 0 Å². The molecule has 2 heterocycles. The van der Waals surface area contributed by atoms with Gasteiger partial charge in [-0.2, -0.15) is 5.10 Å². The summed E-state index contributed by atoms with van der Waals surface area (Å²) in [6.07, 6.45) is 8.51. The highest BCUT2D eigenvalue weighted by atomic mass is 16.3. The Hall–Kier alpha value is -2.14. The zero-order valence-corrected chi connectivity index (χ0v) is 16.1. The van der Waals surface area contributed by atoms with Crippen LogP contribution in [0, 0.1) is 11.8 Å². The molecule has 2 aromatic rings. The summed E-state index contributed by atoms with van der Waals surface area (Å²) < 4.78 is 2.21. The second-order valence-corrected chi connectivity index (χ2v) is 9.65. The quantitative estimate of drug-likeness (QED) is 0.845. The van der Waals surface area contributed by atoms with Crippen LogP contribution >= 0.6 is 0 Å². The fourth-order valence-electron chi connectivity index (χ4n) is 7.31. The topological polar surface area (TPSA) is 67.2 Å². The Morgan fingerprint density at radius 3 is 2.86 bits per heavy atom. The molecule has 28 heavy (non-hydrogen) atoms. The molecule has 4 aliphatic carbocycles. The minimum absolute atomic E-state index is 0.00922. The zero-order valence-electron chi connectivity index (χ0n) is 16.1. The second kappa shape index (κ2) is 5.69. The minimum atomic E-state index is -0.542. The van der Waals surface area contributed by atoms with E-state index in [1.165, 1.54) is 12.0 Å². The molecule has 4 bridgehead atoms. The average molecular weight is 377 g/mol. The van der Waals surface area contributed by atoms with Gasteiger partial charge in [-0.05, 0) is 62.3 Å². The molecule has 5 atom stereocenters. The number of hydrogen-bond acceptors (Lipinski definition) is 3. The summed E-state index contributed by atoms with van der Waals surface area (Å²) in [5, 5.41) is 19.2.